The molecular formula is C23H26N4O8SSe. The second-order valence-electron chi connectivity index (χ2n) is 7.58. The summed E-state index contributed by atoms with van der Waals surface area (Å²) in [5.41, 5.74) is 6.32. The summed E-state index contributed by atoms with van der Waals surface area (Å²) in [6, 6.07) is 10.6. The first-order valence-electron chi connectivity index (χ1n) is 10.8. The molecule has 0 aromatic heterocycles. The van der Waals surface area contributed by atoms with Crippen molar-refractivity contribution in [3.05, 3.63) is 54.1 Å². The van der Waals surface area contributed by atoms with Crippen molar-refractivity contribution in [2.24, 2.45) is 5.73 Å². The van der Waals surface area contributed by atoms with E-state index in [2.05, 4.69) is 16.0 Å². The first-order valence-corrected chi connectivity index (χ1v) is 14.7. The van der Waals surface area contributed by atoms with Crippen molar-refractivity contribution in [1.29, 1.82) is 0 Å². The fourth-order valence-electron chi connectivity index (χ4n) is 2.78. The van der Waals surface area contributed by atoms with E-state index in [0.717, 1.165) is 4.46 Å². The van der Waals surface area contributed by atoms with Gasteiger partial charge in [-0.3, -0.25) is 0 Å². The molecule has 14 heteroatoms. The summed E-state index contributed by atoms with van der Waals surface area (Å²) >= 11 is -0.370. The Kier molecular flexibility index (Phi) is 11.9. The Balaban J connectivity index is 2.02. The van der Waals surface area contributed by atoms with Gasteiger partial charge < -0.3 is 0 Å². The number of nitrogens with one attached hydrogen (secondary N) is 3. The van der Waals surface area contributed by atoms with E-state index in [1.54, 1.807) is 36.4 Å². The molecule has 2 aromatic carbocycles. The molecule has 12 nitrogen and oxygen atoms in total. The van der Waals surface area contributed by atoms with Crippen LogP contribution in [0.15, 0.2) is 48.5 Å². The summed E-state index contributed by atoms with van der Waals surface area (Å²) in [6.07, 6.45) is -0.364. The first-order chi connectivity index (χ1) is 17.6. The second kappa shape index (κ2) is 14.9. The minimum atomic E-state index is -1.25. The Hall–Kier alpha value is -3.58. The molecule has 0 aliphatic carbocycles. The number of carbonyl (C=O) groups excluding carboxylic acids is 3. The van der Waals surface area contributed by atoms with Gasteiger partial charge in [-0.2, -0.15) is 0 Å². The number of amides is 3. The summed E-state index contributed by atoms with van der Waals surface area (Å²) in [4.78, 5) is 59.2. The summed E-state index contributed by atoms with van der Waals surface area (Å²) in [7, 11) is 1.30. The van der Waals surface area contributed by atoms with Crippen molar-refractivity contribution >= 4 is 63.8 Å². The average molecular weight is 598 g/mol. The predicted molar refractivity (Wildman–Crippen MR) is 138 cm³/mol. The third kappa shape index (κ3) is 10.5. The molecule has 0 aliphatic heterocycles. The van der Waals surface area contributed by atoms with E-state index >= 15 is 0 Å². The Labute approximate surface area is 221 Å². The van der Waals surface area contributed by atoms with Gasteiger partial charge in [0.1, 0.15) is 0 Å². The topological polar surface area (TPSA) is 208 Å². The number of carboxylic acids is 2. The van der Waals surface area contributed by atoms with Crippen molar-refractivity contribution in [2.45, 2.75) is 24.9 Å². The van der Waals surface area contributed by atoms with Gasteiger partial charge in [0.25, 0.3) is 0 Å². The summed E-state index contributed by atoms with van der Waals surface area (Å²) in [6.45, 7) is -0.634. The van der Waals surface area contributed by atoms with Crippen molar-refractivity contribution < 1.29 is 39.3 Å². The predicted octanol–water partition coefficient (Wildman–Crippen LogP) is -0.500. The van der Waals surface area contributed by atoms with Crippen molar-refractivity contribution in [3.63, 3.8) is 0 Å². The molecule has 0 saturated heterocycles. The zero-order chi connectivity index (χ0) is 27.4. The second-order valence-corrected chi connectivity index (χ2v) is 11.8. The quantitative estimate of drug-likeness (QED) is 0.110. The van der Waals surface area contributed by atoms with Gasteiger partial charge in [-0.25, -0.2) is 0 Å². The number of anilines is 1. The van der Waals surface area contributed by atoms with E-state index in [-0.39, 0.29) is 44.1 Å². The standard InChI is InChI=1S/C23H26N4O8SSe/c24-16(23(34)35)9-10-19(29)27-17(22(33)25-11-20(30)31)12-36-37-18-4-2-1-3-15(18)21(32)26-13-5-7-14(28)8-6-13/h1-8,16-17,28H,9-12,24H2,(H,25,33)(H,26,32)(H,27,29)(H,30,31)(H,34,35). The van der Waals surface area contributed by atoms with Gasteiger partial charge in [0.2, 0.25) is 0 Å². The van der Waals surface area contributed by atoms with Gasteiger partial charge in [-0.1, -0.05) is 0 Å². The fraction of sp³-hybridized carbons (Fsp3) is 0.261. The number of rotatable bonds is 14. The molecule has 0 spiro atoms. The average Bonchev–Trinajstić information content (AvgIpc) is 2.86. The molecule has 2 rings (SSSR count). The van der Waals surface area contributed by atoms with Gasteiger partial charge in [0.05, 0.1) is 0 Å². The first kappa shape index (κ1) is 29.6. The Morgan fingerprint density at radius 3 is 2.32 bits per heavy atom. The molecule has 0 radical (unpaired) electrons. The van der Waals surface area contributed by atoms with Crippen LogP contribution in [0.1, 0.15) is 23.2 Å². The number of benzene rings is 2. The van der Waals surface area contributed by atoms with Crippen LogP contribution in [-0.4, -0.2) is 83.2 Å². The number of hydrogen-bond donors (Lipinski definition) is 7. The Morgan fingerprint density at radius 1 is 1.00 bits per heavy atom. The molecule has 3 amide bonds. The molecule has 0 aliphatic rings. The number of carboxylic acid groups (broad SMARTS) is 2. The molecule has 0 heterocycles. The van der Waals surface area contributed by atoms with Gasteiger partial charge in [-0.15, -0.1) is 0 Å². The Bertz CT molecular complexity index is 1130. The van der Waals surface area contributed by atoms with Crippen LogP contribution in [0.25, 0.3) is 0 Å². The molecule has 2 aromatic rings. The third-order valence-corrected chi connectivity index (χ3v) is 8.95. The monoisotopic (exact) mass is 598 g/mol. The van der Waals surface area contributed by atoms with Crippen LogP contribution in [0.3, 0.4) is 0 Å². The van der Waals surface area contributed by atoms with Crippen molar-refractivity contribution in [1.82, 2.24) is 10.6 Å². The Morgan fingerprint density at radius 2 is 1.68 bits per heavy atom. The van der Waals surface area contributed by atoms with Gasteiger partial charge in [0.15, 0.2) is 0 Å². The summed E-state index contributed by atoms with van der Waals surface area (Å²) in [5.74, 6) is -4.03. The normalized spacial score (nSPS) is 12.1. The van der Waals surface area contributed by atoms with Crippen LogP contribution in [0.2, 0.25) is 0 Å². The van der Waals surface area contributed by atoms with Gasteiger partial charge in [-0.05, 0) is 0 Å². The molecule has 0 fully saturated rings. The summed E-state index contributed by atoms with van der Waals surface area (Å²) in [5, 5.41) is 34.5. The van der Waals surface area contributed by atoms with E-state index in [9.17, 15) is 29.1 Å². The van der Waals surface area contributed by atoms with Crippen LogP contribution in [0.5, 0.6) is 5.75 Å². The molecule has 37 heavy (non-hydrogen) atoms. The van der Waals surface area contributed by atoms with E-state index < -0.39 is 42.4 Å². The molecule has 2 unspecified atom stereocenters. The zero-order valence-corrected chi connectivity index (χ0v) is 21.9. The maximum absolute atomic E-state index is 12.8. The van der Waals surface area contributed by atoms with Gasteiger partial charge in [0, 0.05) is 0 Å². The van der Waals surface area contributed by atoms with E-state index in [0.29, 0.717) is 11.3 Å². The number of nitrogens with two attached hydrogens (primary N) is 1. The molecule has 2 atom stereocenters. The minimum absolute atomic E-state index is 0.0666. The van der Waals surface area contributed by atoms with E-state index in [1.807, 2.05) is 0 Å². The van der Waals surface area contributed by atoms with Crippen LogP contribution >= 0.6 is 10.2 Å². The summed E-state index contributed by atoms with van der Waals surface area (Å²) < 4.78 is 0.722. The molecule has 8 N–H and O–H groups in total. The van der Waals surface area contributed by atoms with Crippen molar-refractivity contribution in [2.75, 3.05) is 17.6 Å². The van der Waals surface area contributed by atoms with E-state index in [4.69, 9.17) is 15.9 Å². The number of carbonyl (C=O) groups is 5. The van der Waals surface area contributed by atoms with Crippen molar-refractivity contribution in [3.8, 4) is 5.75 Å². The van der Waals surface area contributed by atoms with E-state index in [1.165, 1.54) is 22.3 Å². The van der Waals surface area contributed by atoms with Crippen LogP contribution in [-0.2, 0) is 19.2 Å². The number of hydrogen-bond acceptors (Lipinski definition) is 8. The third-order valence-electron chi connectivity index (χ3n) is 4.71. The number of aliphatic carboxylic acids is 2. The zero-order valence-electron chi connectivity index (χ0n) is 19.4. The molecular weight excluding hydrogens is 571 g/mol. The number of phenolic OH excluding ortho intramolecular Hbond substituents is 1. The molecule has 0 saturated carbocycles. The number of phenols is 1. The van der Waals surface area contributed by atoms with Crippen LogP contribution < -0.4 is 26.1 Å². The number of aromatic hydroxyl groups is 1. The van der Waals surface area contributed by atoms with Crippen LogP contribution in [0, 0.1) is 0 Å². The molecule has 0 bridgehead atoms. The SMILES string of the molecule is NC(CCC(=O)NC(CS[Se]c1ccccc1C(=O)Nc1ccc(O)cc1)C(=O)NCC(=O)O)C(=O)O. The maximum atomic E-state index is 12.8. The fourth-order valence-corrected chi connectivity index (χ4v) is 6.99. The van der Waals surface area contributed by atoms with Gasteiger partial charge >= 0.3 is 222 Å². The molecule has 198 valence electrons. The van der Waals surface area contributed by atoms with Crippen LogP contribution in [0.4, 0.5) is 5.69 Å².